The van der Waals surface area contributed by atoms with Crippen LogP contribution in [0, 0.1) is 0 Å². The van der Waals surface area contributed by atoms with Gasteiger partial charge in [0.2, 0.25) is 5.91 Å². The van der Waals surface area contributed by atoms with Crippen molar-refractivity contribution in [1.29, 1.82) is 0 Å². The molecule has 0 rings (SSSR count). The molecule has 3 atom stereocenters. The van der Waals surface area contributed by atoms with E-state index in [9.17, 15) is 14.7 Å². The first-order valence-electron chi connectivity index (χ1n) is 10.7. The van der Waals surface area contributed by atoms with Gasteiger partial charge in [-0.25, -0.2) is 4.89 Å². The zero-order chi connectivity index (χ0) is 23.3. The van der Waals surface area contributed by atoms with Crippen LogP contribution in [-0.4, -0.2) is 70.6 Å². The van der Waals surface area contributed by atoms with E-state index in [0.717, 1.165) is 30.3 Å². The van der Waals surface area contributed by atoms with E-state index in [1.165, 1.54) is 18.6 Å². The molecule has 4 N–H and O–H groups in total. The molecule has 0 aliphatic rings. The van der Waals surface area contributed by atoms with Crippen LogP contribution in [0.1, 0.15) is 58.3 Å². The highest BCUT2D eigenvalue weighted by Crippen LogP contribution is 2.24. The van der Waals surface area contributed by atoms with Gasteiger partial charge in [0.05, 0.1) is 12.1 Å². The SMILES string of the molecule is CSCC[C@@H](CCCCC(=O)CCCSSCCC(=O)N[C@H](COON)[C@@H](C)O)SC. The van der Waals surface area contributed by atoms with Crippen LogP contribution in [0.15, 0.2) is 0 Å². The van der Waals surface area contributed by atoms with Gasteiger partial charge in [-0.15, -0.1) is 4.99 Å². The minimum absolute atomic E-state index is 0.0218. The Balaban J connectivity index is 3.64. The van der Waals surface area contributed by atoms with Crippen LogP contribution in [0.2, 0.25) is 0 Å². The lowest BCUT2D eigenvalue weighted by Gasteiger charge is -2.20. The lowest BCUT2D eigenvalue weighted by atomic mass is 10.1. The summed E-state index contributed by atoms with van der Waals surface area (Å²) in [4.78, 5) is 32.5. The van der Waals surface area contributed by atoms with Crippen LogP contribution in [0.4, 0.5) is 0 Å². The molecular formula is C20H40N2O5S4. The molecule has 0 aromatic carbocycles. The summed E-state index contributed by atoms with van der Waals surface area (Å²) in [5, 5.41) is 13.0. The van der Waals surface area contributed by atoms with Gasteiger partial charge >= 0.3 is 0 Å². The Bertz CT molecular complexity index is 461. The van der Waals surface area contributed by atoms with E-state index in [-0.39, 0.29) is 12.5 Å². The Labute approximate surface area is 204 Å². The van der Waals surface area contributed by atoms with Crippen LogP contribution in [0.25, 0.3) is 0 Å². The molecule has 31 heavy (non-hydrogen) atoms. The number of rotatable bonds is 22. The molecule has 0 heterocycles. The van der Waals surface area contributed by atoms with E-state index in [1.54, 1.807) is 28.5 Å². The molecule has 0 saturated heterocycles. The average molecular weight is 517 g/mol. The van der Waals surface area contributed by atoms with Crippen LogP contribution in [-0.2, 0) is 19.5 Å². The minimum atomic E-state index is -0.772. The maximum Gasteiger partial charge on any atom is 0.221 e. The second kappa shape index (κ2) is 22.2. The fourth-order valence-corrected chi connectivity index (χ4v) is 6.22. The average Bonchev–Trinajstić information content (AvgIpc) is 2.75. The standard InChI is InChI=1S/C20H40N2O5S4/c1-16(23)19(15-26-27-21)22-20(25)11-14-31-30-12-6-8-17(24)7-4-5-9-18(29-3)10-13-28-2/h16,18-19,23H,4-15,21H2,1-3H3,(H,22,25)/t16-,18-,19-/m1/s1. The summed E-state index contributed by atoms with van der Waals surface area (Å²) >= 11 is 3.85. The Kier molecular flexibility index (Phi) is 22.5. The van der Waals surface area contributed by atoms with Crippen molar-refractivity contribution in [3.63, 3.8) is 0 Å². The number of thioether (sulfide) groups is 2. The molecule has 184 valence electrons. The van der Waals surface area contributed by atoms with Crippen molar-refractivity contribution >= 4 is 56.8 Å². The lowest BCUT2D eigenvalue weighted by Crippen LogP contribution is -2.45. The molecule has 0 aromatic rings. The van der Waals surface area contributed by atoms with Crippen molar-refractivity contribution in [1.82, 2.24) is 5.32 Å². The highest BCUT2D eigenvalue weighted by molar-refractivity contribution is 8.76. The number of carbonyl (C=O) groups excluding carboxylic acids is 2. The maximum atomic E-state index is 12.0. The van der Waals surface area contributed by atoms with Crippen molar-refractivity contribution in [2.75, 3.05) is 36.4 Å². The number of nitrogens with two attached hydrogens (primary N) is 1. The Morgan fingerprint density at radius 1 is 1.00 bits per heavy atom. The third-order valence-corrected chi connectivity index (χ3v) is 8.91. The van der Waals surface area contributed by atoms with Crippen molar-refractivity contribution in [2.45, 2.75) is 75.7 Å². The molecule has 7 nitrogen and oxygen atoms in total. The number of hydrogen-bond donors (Lipinski definition) is 3. The Morgan fingerprint density at radius 2 is 1.71 bits per heavy atom. The lowest BCUT2D eigenvalue weighted by molar-refractivity contribution is -0.304. The Hall–Kier alpha value is 0.380. The summed E-state index contributed by atoms with van der Waals surface area (Å²) in [6.07, 6.45) is 10.7. The number of aliphatic hydroxyl groups is 1. The third-order valence-electron chi connectivity index (χ3n) is 4.63. The fourth-order valence-electron chi connectivity index (χ4n) is 2.72. The number of unbranched alkanes of at least 4 members (excludes halogenated alkanes) is 1. The molecule has 1 amide bonds. The van der Waals surface area contributed by atoms with E-state index in [0.29, 0.717) is 30.8 Å². The van der Waals surface area contributed by atoms with E-state index in [1.807, 2.05) is 23.5 Å². The molecule has 0 aromatic heterocycles. The molecule has 0 spiro atoms. The van der Waals surface area contributed by atoms with Gasteiger partial charge in [0.15, 0.2) is 0 Å². The van der Waals surface area contributed by atoms with Gasteiger partial charge in [0, 0.05) is 36.0 Å². The van der Waals surface area contributed by atoms with Crippen molar-refractivity contribution in [3.05, 3.63) is 0 Å². The third kappa shape index (κ3) is 19.5. The summed E-state index contributed by atoms with van der Waals surface area (Å²) in [6.45, 7) is 1.54. The van der Waals surface area contributed by atoms with Gasteiger partial charge in [-0.1, -0.05) is 28.0 Å². The van der Waals surface area contributed by atoms with E-state index in [4.69, 9.17) is 5.90 Å². The maximum absolute atomic E-state index is 12.0. The summed E-state index contributed by atoms with van der Waals surface area (Å²) in [5.74, 6) is 7.77. The van der Waals surface area contributed by atoms with Gasteiger partial charge in [-0.05, 0) is 50.9 Å². The largest absolute Gasteiger partial charge is 0.391 e. The number of Topliss-reactive ketones (excluding diaryl/α,β-unsaturated/α-hetero) is 1. The summed E-state index contributed by atoms with van der Waals surface area (Å²) in [5.41, 5.74) is 0. The van der Waals surface area contributed by atoms with Gasteiger partial charge in [-0.2, -0.15) is 29.4 Å². The van der Waals surface area contributed by atoms with Gasteiger partial charge in [0.1, 0.15) is 12.4 Å². The first-order chi connectivity index (χ1) is 14.9. The van der Waals surface area contributed by atoms with Crippen molar-refractivity contribution in [3.8, 4) is 0 Å². The molecule has 0 radical (unpaired) electrons. The van der Waals surface area contributed by atoms with E-state index < -0.39 is 12.1 Å². The van der Waals surface area contributed by atoms with Crippen molar-refractivity contribution in [2.24, 2.45) is 5.90 Å². The van der Waals surface area contributed by atoms with Gasteiger partial charge < -0.3 is 10.4 Å². The molecule has 0 aliphatic carbocycles. The smallest absolute Gasteiger partial charge is 0.221 e. The number of ketones is 1. The number of amides is 1. The fraction of sp³-hybridized carbons (Fsp3) is 0.900. The molecule has 0 aliphatic heterocycles. The second-order valence-corrected chi connectivity index (χ2v) is 12.0. The number of hydrogen-bond acceptors (Lipinski definition) is 10. The molecule has 0 fully saturated rings. The van der Waals surface area contributed by atoms with Gasteiger partial charge in [0.25, 0.3) is 0 Å². The van der Waals surface area contributed by atoms with Crippen LogP contribution in [0.3, 0.4) is 0 Å². The van der Waals surface area contributed by atoms with Crippen LogP contribution < -0.4 is 11.2 Å². The molecule has 0 saturated carbocycles. The number of aliphatic hydroxyl groups excluding tert-OH is 1. The van der Waals surface area contributed by atoms with Crippen molar-refractivity contribution < 1.29 is 24.6 Å². The molecule has 11 heteroatoms. The van der Waals surface area contributed by atoms with E-state index in [2.05, 4.69) is 27.7 Å². The summed E-state index contributed by atoms with van der Waals surface area (Å²) in [7, 11) is 3.31. The summed E-state index contributed by atoms with van der Waals surface area (Å²) < 4.78 is 0. The number of nitrogens with one attached hydrogen (secondary N) is 1. The quantitative estimate of drug-likeness (QED) is 0.0849. The number of carbonyl (C=O) groups is 2. The first-order valence-corrected chi connectivity index (χ1v) is 15.8. The molecular weight excluding hydrogens is 476 g/mol. The van der Waals surface area contributed by atoms with Gasteiger partial charge in [-0.3, -0.25) is 9.59 Å². The second-order valence-electron chi connectivity index (χ2n) is 7.22. The minimum Gasteiger partial charge on any atom is -0.391 e. The molecule has 0 unspecified atom stereocenters. The predicted octanol–water partition coefficient (Wildman–Crippen LogP) is 3.84. The molecule has 0 bridgehead atoms. The Morgan fingerprint density at radius 3 is 2.35 bits per heavy atom. The zero-order valence-electron chi connectivity index (χ0n) is 19.0. The first kappa shape index (κ1) is 31.4. The summed E-state index contributed by atoms with van der Waals surface area (Å²) in [6, 6.07) is -0.568. The normalized spacial score (nSPS) is 14.2. The van der Waals surface area contributed by atoms with Crippen LogP contribution >= 0.6 is 45.1 Å². The zero-order valence-corrected chi connectivity index (χ0v) is 22.3. The van der Waals surface area contributed by atoms with E-state index >= 15 is 0 Å². The highest BCUT2D eigenvalue weighted by atomic mass is 33.1. The monoisotopic (exact) mass is 516 g/mol. The highest BCUT2D eigenvalue weighted by Gasteiger charge is 2.18. The van der Waals surface area contributed by atoms with Crippen LogP contribution in [0.5, 0.6) is 0 Å². The predicted molar refractivity (Wildman–Crippen MR) is 137 cm³/mol. The topological polar surface area (TPSA) is 111 Å².